The van der Waals surface area contributed by atoms with Gasteiger partial charge in [-0.05, 0) is 50.2 Å². The maximum Gasteiger partial charge on any atom is 0.250 e. The fourth-order valence-corrected chi connectivity index (χ4v) is 6.96. The van der Waals surface area contributed by atoms with Gasteiger partial charge in [0.2, 0.25) is 17.7 Å². The molecule has 7 atom stereocenters. The number of likely N-dealkylation sites (tertiary alicyclic amines) is 1. The number of aliphatic hydroxyl groups excluding tert-OH is 1. The Morgan fingerprint density at radius 1 is 1.31 bits per heavy atom. The van der Waals surface area contributed by atoms with E-state index in [2.05, 4.69) is 10.6 Å². The van der Waals surface area contributed by atoms with Gasteiger partial charge in [-0.25, -0.2) is 0 Å². The van der Waals surface area contributed by atoms with Gasteiger partial charge in [0, 0.05) is 6.54 Å². The molecule has 3 fully saturated rings. The lowest BCUT2D eigenvalue weighted by molar-refractivity contribution is -0.150. The number of aryl methyl sites for hydroxylation is 1. The molecule has 3 heterocycles. The van der Waals surface area contributed by atoms with Gasteiger partial charge in [-0.15, -0.1) is 0 Å². The zero-order valence-corrected chi connectivity index (χ0v) is 22.7. The van der Waals surface area contributed by atoms with Crippen molar-refractivity contribution in [2.45, 2.75) is 77.7 Å². The summed E-state index contributed by atoms with van der Waals surface area (Å²) in [6.07, 6.45) is 1.23. The quantitative estimate of drug-likeness (QED) is 0.489. The SMILES string of the molecule is CCCNC(=O)[C@H]1[C@H]2C(=O)N([C@@H](CO)C(C)C)C(C(=O)Nc3c(C)cccc3Cl)C23CC(C)[C@]1(C)O3. The average Bonchev–Trinajstić information content (AvgIpc) is 3.32. The maximum atomic E-state index is 14.2. The molecule has 2 bridgehead atoms. The van der Waals surface area contributed by atoms with E-state index in [1.54, 1.807) is 12.1 Å². The van der Waals surface area contributed by atoms with E-state index in [9.17, 15) is 19.5 Å². The minimum atomic E-state index is -1.18. The monoisotopic (exact) mass is 519 g/mol. The van der Waals surface area contributed by atoms with Gasteiger partial charge in [-0.2, -0.15) is 0 Å². The molecule has 3 aliphatic heterocycles. The van der Waals surface area contributed by atoms with Crippen LogP contribution in [0.15, 0.2) is 18.2 Å². The van der Waals surface area contributed by atoms with Crippen LogP contribution in [-0.4, -0.2) is 64.2 Å². The molecule has 3 saturated heterocycles. The average molecular weight is 520 g/mol. The third-order valence-corrected chi connectivity index (χ3v) is 8.93. The number of rotatable bonds is 8. The Morgan fingerprint density at radius 3 is 2.58 bits per heavy atom. The smallest absolute Gasteiger partial charge is 0.250 e. The Bertz CT molecular complexity index is 1040. The molecule has 0 aliphatic carbocycles. The summed E-state index contributed by atoms with van der Waals surface area (Å²) >= 11 is 6.41. The molecule has 9 heteroatoms. The Hall–Kier alpha value is -2.16. The standard InChI is InChI=1S/C27H38ClN3O5/c1-7-11-29-23(33)19-20-25(35)31(18(13-32)14(2)3)22(27(20)12-16(5)26(19,6)36-27)24(34)30-21-15(4)9-8-10-17(21)28/h8-10,14,16,18-20,22,32H,7,11-13H2,1-6H3,(H,29,33)(H,30,34)/t16?,18-,19+,20-,22?,26-,27?/m0/s1. The number of carbonyl (C=O) groups excluding carboxylic acids is 3. The largest absolute Gasteiger partial charge is 0.394 e. The molecule has 36 heavy (non-hydrogen) atoms. The predicted octanol–water partition coefficient (Wildman–Crippen LogP) is 3.14. The molecule has 1 spiro atoms. The topological polar surface area (TPSA) is 108 Å². The van der Waals surface area contributed by atoms with Crippen molar-refractivity contribution in [3.63, 3.8) is 0 Å². The second-order valence-corrected chi connectivity index (χ2v) is 11.6. The van der Waals surface area contributed by atoms with E-state index in [0.717, 1.165) is 12.0 Å². The summed E-state index contributed by atoms with van der Waals surface area (Å²) in [5.74, 6) is -2.68. The summed E-state index contributed by atoms with van der Waals surface area (Å²) in [5, 5.41) is 16.6. The highest BCUT2D eigenvalue weighted by Gasteiger charge is 2.80. The van der Waals surface area contributed by atoms with Crippen LogP contribution in [0.1, 0.15) is 53.0 Å². The first kappa shape index (κ1) is 26.9. The lowest BCUT2D eigenvalue weighted by atomic mass is 9.62. The highest BCUT2D eigenvalue weighted by molar-refractivity contribution is 6.34. The molecule has 1 aromatic carbocycles. The number of hydrogen-bond donors (Lipinski definition) is 3. The third kappa shape index (κ3) is 3.84. The van der Waals surface area contributed by atoms with Gasteiger partial charge in [-0.1, -0.05) is 51.4 Å². The number of fused-ring (bicyclic) bond motifs is 1. The van der Waals surface area contributed by atoms with Crippen molar-refractivity contribution in [1.82, 2.24) is 10.2 Å². The molecule has 198 valence electrons. The second kappa shape index (κ2) is 9.62. The van der Waals surface area contributed by atoms with Gasteiger partial charge in [0.25, 0.3) is 0 Å². The predicted molar refractivity (Wildman–Crippen MR) is 137 cm³/mol. The summed E-state index contributed by atoms with van der Waals surface area (Å²) in [5.41, 5.74) is -0.793. The number of carbonyl (C=O) groups is 3. The number of aliphatic hydroxyl groups is 1. The van der Waals surface area contributed by atoms with Gasteiger partial charge in [-0.3, -0.25) is 14.4 Å². The number of nitrogens with one attached hydrogen (secondary N) is 2. The van der Waals surface area contributed by atoms with Crippen LogP contribution in [0.2, 0.25) is 5.02 Å². The number of benzene rings is 1. The molecule has 0 radical (unpaired) electrons. The van der Waals surface area contributed by atoms with E-state index in [0.29, 0.717) is 23.7 Å². The van der Waals surface area contributed by atoms with Crippen LogP contribution < -0.4 is 10.6 Å². The lowest BCUT2D eigenvalue weighted by Gasteiger charge is -2.38. The number of halogens is 1. The Balaban J connectivity index is 1.83. The van der Waals surface area contributed by atoms with E-state index < -0.39 is 41.0 Å². The molecule has 3 N–H and O–H groups in total. The van der Waals surface area contributed by atoms with E-state index in [4.69, 9.17) is 16.3 Å². The summed E-state index contributed by atoms with van der Waals surface area (Å²) < 4.78 is 6.71. The molecule has 8 nitrogen and oxygen atoms in total. The van der Waals surface area contributed by atoms with Crippen LogP contribution in [0.5, 0.6) is 0 Å². The van der Waals surface area contributed by atoms with Gasteiger partial charge < -0.3 is 25.4 Å². The fourth-order valence-electron chi connectivity index (χ4n) is 6.69. The molecule has 3 amide bonds. The molecule has 0 aromatic heterocycles. The van der Waals surface area contributed by atoms with Gasteiger partial charge in [0.15, 0.2) is 0 Å². The molecule has 0 saturated carbocycles. The summed E-state index contributed by atoms with van der Waals surface area (Å²) in [6.45, 7) is 11.7. The van der Waals surface area contributed by atoms with Crippen molar-refractivity contribution in [1.29, 1.82) is 0 Å². The highest BCUT2D eigenvalue weighted by atomic mass is 35.5. The van der Waals surface area contributed by atoms with Crippen LogP contribution in [0.25, 0.3) is 0 Å². The van der Waals surface area contributed by atoms with E-state index in [1.807, 2.05) is 47.6 Å². The van der Waals surface area contributed by atoms with Crippen LogP contribution in [0.4, 0.5) is 5.69 Å². The van der Waals surface area contributed by atoms with Crippen LogP contribution in [-0.2, 0) is 19.1 Å². The third-order valence-electron chi connectivity index (χ3n) is 8.62. The molecule has 3 unspecified atom stereocenters. The Labute approximate surface area is 218 Å². The van der Waals surface area contributed by atoms with Crippen molar-refractivity contribution in [2.75, 3.05) is 18.5 Å². The van der Waals surface area contributed by atoms with Crippen molar-refractivity contribution < 1.29 is 24.2 Å². The molecular formula is C27H38ClN3O5. The van der Waals surface area contributed by atoms with Gasteiger partial charge >= 0.3 is 0 Å². The first-order valence-corrected chi connectivity index (χ1v) is 13.3. The van der Waals surface area contributed by atoms with E-state index in [1.165, 1.54) is 4.90 Å². The molecule has 4 rings (SSSR count). The van der Waals surface area contributed by atoms with Gasteiger partial charge in [0.05, 0.1) is 40.8 Å². The number of ether oxygens (including phenoxy) is 1. The second-order valence-electron chi connectivity index (χ2n) is 11.2. The van der Waals surface area contributed by atoms with Crippen molar-refractivity contribution >= 4 is 35.0 Å². The normalized spacial score (nSPS) is 33.7. The first-order chi connectivity index (χ1) is 16.9. The van der Waals surface area contributed by atoms with Crippen LogP contribution in [0, 0.1) is 30.6 Å². The maximum absolute atomic E-state index is 14.2. The first-order valence-electron chi connectivity index (χ1n) is 12.9. The summed E-state index contributed by atoms with van der Waals surface area (Å²) in [4.78, 5) is 43.2. The Morgan fingerprint density at radius 2 is 2.00 bits per heavy atom. The minimum absolute atomic E-state index is 0.0529. The fraction of sp³-hybridized carbons (Fsp3) is 0.667. The van der Waals surface area contributed by atoms with E-state index in [-0.39, 0.29) is 30.3 Å². The van der Waals surface area contributed by atoms with Crippen molar-refractivity contribution in [3.05, 3.63) is 28.8 Å². The van der Waals surface area contributed by atoms with E-state index >= 15 is 0 Å². The number of hydrogen-bond acceptors (Lipinski definition) is 5. The van der Waals surface area contributed by atoms with Crippen molar-refractivity contribution in [2.24, 2.45) is 23.7 Å². The number of anilines is 1. The zero-order valence-electron chi connectivity index (χ0n) is 21.9. The van der Waals surface area contributed by atoms with Crippen LogP contribution >= 0.6 is 11.6 Å². The number of amides is 3. The van der Waals surface area contributed by atoms with Crippen LogP contribution in [0.3, 0.4) is 0 Å². The van der Waals surface area contributed by atoms with Gasteiger partial charge in [0.1, 0.15) is 11.6 Å². The zero-order chi connectivity index (χ0) is 26.6. The summed E-state index contributed by atoms with van der Waals surface area (Å²) in [6, 6.07) is 3.73. The molecular weight excluding hydrogens is 482 g/mol. The molecule has 1 aromatic rings. The molecule has 3 aliphatic rings. The Kier molecular flexibility index (Phi) is 7.18. The van der Waals surface area contributed by atoms with Crippen molar-refractivity contribution in [3.8, 4) is 0 Å². The minimum Gasteiger partial charge on any atom is -0.394 e. The summed E-state index contributed by atoms with van der Waals surface area (Å²) in [7, 11) is 0. The lowest BCUT2D eigenvalue weighted by Crippen LogP contribution is -2.57. The number of nitrogens with zero attached hydrogens (tertiary/aromatic N) is 1. The number of para-hydroxylation sites is 1. The highest BCUT2D eigenvalue weighted by Crippen LogP contribution is 2.65.